The van der Waals surface area contributed by atoms with Crippen molar-refractivity contribution in [3.8, 4) is 0 Å². The molecule has 0 atom stereocenters. The molecule has 6 nitrogen and oxygen atoms in total. The molecule has 2 heterocycles. The summed E-state index contributed by atoms with van der Waals surface area (Å²) in [7, 11) is 0. The van der Waals surface area contributed by atoms with Crippen molar-refractivity contribution in [2.24, 2.45) is 0 Å². The Morgan fingerprint density at radius 1 is 1.11 bits per heavy atom. The summed E-state index contributed by atoms with van der Waals surface area (Å²) in [6.45, 7) is 10.8. The van der Waals surface area contributed by atoms with Crippen LogP contribution in [0.2, 0.25) is 0 Å². The van der Waals surface area contributed by atoms with Crippen molar-refractivity contribution in [3.63, 3.8) is 0 Å². The molecular weight excluding hydrogens is 340 g/mol. The summed E-state index contributed by atoms with van der Waals surface area (Å²) in [6, 6.07) is 6.46. The number of hydrogen-bond acceptors (Lipinski definition) is 4. The Labute approximate surface area is 162 Å². The van der Waals surface area contributed by atoms with Crippen molar-refractivity contribution in [2.75, 3.05) is 57.3 Å². The van der Waals surface area contributed by atoms with Gasteiger partial charge in [-0.05, 0) is 43.9 Å². The molecule has 2 amide bonds. The molecule has 0 bridgehead atoms. The lowest BCUT2D eigenvalue weighted by atomic mass is 10.1. The second-order valence-electron chi connectivity index (χ2n) is 7.67. The molecule has 0 radical (unpaired) electrons. The van der Waals surface area contributed by atoms with Gasteiger partial charge in [-0.25, -0.2) is 0 Å². The highest BCUT2D eigenvalue weighted by Crippen LogP contribution is 2.23. The van der Waals surface area contributed by atoms with Crippen molar-refractivity contribution in [3.05, 3.63) is 29.3 Å². The smallest absolute Gasteiger partial charge is 0.234 e. The van der Waals surface area contributed by atoms with E-state index in [0.717, 1.165) is 52.1 Å². The lowest BCUT2D eigenvalue weighted by molar-refractivity contribution is -0.127. The third-order valence-electron chi connectivity index (χ3n) is 5.75. The molecule has 2 aliphatic heterocycles. The van der Waals surface area contributed by atoms with Crippen LogP contribution in [0.25, 0.3) is 0 Å². The van der Waals surface area contributed by atoms with Gasteiger partial charge in [-0.15, -0.1) is 0 Å². The first-order valence-corrected chi connectivity index (χ1v) is 10.1. The van der Waals surface area contributed by atoms with Gasteiger partial charge in [-0.1, -0.05) is 12.1 Å². The number of likely N-dealkylation sites (tertiary alicyclic amines) is 1. The predicted octanol–water partition coefficient (Wildman–Crippen LogP) is 1.55. The average Bonchev–Trinajstić information content (AvgIpc) is 3.07. The minimum absolute atomic E-state index is 0.0861. The molecule has 0 unspecified atom stereocenters. The minimum atomic E-state index is 0.0861. The van der Waals surface area contributed by atoms with Crippen LogP contribution < -0.4 is 10.2 Å². The lowest BCUT2D eigenvalue weighted by Crippen LogP contribution is -2.49. The van der Waals surface area contributed by atoms with Gasteiger partial charge < -0.3 is 15.1 Å². The van der Waals surface area contributed by atoms with Gasteiger partial charge in [0, 0.05) is 57.9 Å². The average molecular weight is 373 g/mol. The number of aryl methyl sites for hydroxylation is 1. The van der Waals surface area contributed by atoms with Crippen LogP contribution in [-0.2, 0) is 9.59 Å². The lowest BCUT2D eigenvalue weighted by Gasteiger charge is -2.36. The van der Waals surface area contributed by atoms with Crippen LogP contribution in [0.3, 0.4) is 0 Å². The van der Waals surface area contributed by atoms with E-state index < -0.39 is 0 Å². The first-order chi connectivity index (χ1) is 13.0. The Morgan fingerprint density at radius 3 is 2.59 bits per heavy atom. The number of nitrogens with one attached hydrogen (secondary N) is 1. The van der Waals surface area contributed by atoms with Crippen molar-refractivity contribution in [1.82, 2.24) is 15.1 Å². The Bertz CT molecular complexity index is 668. The van der Waals surface area contributed by atoms with E-state index in [9.17, 15) is 9.59 Å². The number of carbonyl (C=O) groups is 2. The van der Waals surface area contributed by atoms with Crippen LogP contribution in [0, 0.1) is 13.8 Å². The summed E-state index contributed by atoms with van der Waals surface area (Å²) in [5.41, 5.74) is 3.99. The van der Waals surface area contributed by atoms with Gasteiger partial charge in [-0.3, -0.25) is 14.5 Å². The first kappa shape index (κ1) is 19.7. The number of rotatable bonds is 7. The van der Waals surface area contributed by atoms with E-state index in [4.69, 9.17) is 0 Å². The number of nitrogens with zero attached hydrogens (tertiary/aromatic N) is 3. The summed E-state index contributed by atoms with van der Waals surface area (Å²) in [5, 5.41) is 3.00. The minimum Gasteiger partial charge on any atom is -0.369 e. The van der Waals surface area contributed by atoms with Crippen LogP contribution >= 0.6 is 0 Å². The molecule has 6 heteroatoms. The van der Waals surface area contributed by atoms with Crippen LogP contribution in [0.15, 0.2) is 18.2 Å². The Hall–Kier alpha value is -2.08. The largest absolute Gasteiger partial charge is 0.369 e. The molecule has 0 saturated carbocycles. The van der Waals surface area contributed by atoms with E-state index >= 15 is 0 Å². The van der Waals surface area contributed by atoms with E-state index in [1.165, 1.54) is 16.8 Å². The zero-order valence-electron chi connectivity index (χ0n) is 16.7. The van der Waals surface area contributed by atoms with Gasteiger partial charge in [0.15, 0.2) is 0 Å². The van der Waals surface area contributed by atoms with Gasteiger partial charge in [0.25, 0.3) is 0 Å². The molecule has 1 aromatic carbocycles. The summed E-state index contributed by atoms with van der Waals surface area (Å²) >= 11 is 0. The molecule has 1 aromatic rings. The number of piperazine rings is 1. The Kier molecular flexibility index (Phi) is 6.72. The summed E-state index contributed by atoms with van der Waals surface area (Å²) in [4.78, 5) is 30.3. The summed E-state index contributed by atoms with van der Waals surface area (Å²) in [6.07, 6.45) is 2.48. The fraction of sp³-hybridized carbons (Fsp3) is 0.619. The highest BCUT2D eigenvalue weighted by Gasteiger charge is 2.21. The fourth-order valence-electron chi connectivity index (χ4n) is 3.92. The van der Waals surface area contributed by atoms with Crippen LogP contribution in [0.1, 0.15) is 30.4 Å². The monoisotopic (exact) mass is 372 g/mol. The maximum Gasteiger partial charge on any atom is 0.234 e. The van der Waals surface area contributed by atoms with Crippen molar-refractivity contribution in [1.29, 1.82) is 0 Å². The summed E-state index contributed by atoms with van der Waals surface area (Å²) < 4.78 is 0. The van der Waals surface area contributed by atoms with Crippen LogP contribution in [0.4, 0.5) is 5.69 Å². The zero-order valence-corrected chi connectivity index (χ0v) is 16.7. The highest BCUT2D eigenvalue weighted by molar-refractivity contribution is 5.78. The molecule has 1 N–H and O–H groups in total. The standard InChI is InChI=1S/C21H32N4O2/c1-17-6-3-7-19(18(17)2)24-14-12-23(13-15-24)16-20(26)22-9-5-11-25-10-4-8-21(25)27/h3,6-7H,4-5,8-16H2,1-2H3,(H,22,26). The highest BCUT2D eigenvalue weighted by atomic mass is 16.2. The number of amides is 2. The summed E-state index contributed by atoms with van der Waals surface area (Å²) in [5.74, 6) is 0.339. The van der Waals surface area contributed by atoms with Gasteiger partial charge in [0.2, 0.25) is 11.8 Å². The van der Waals surface area contributed by atoms with Gasteiger partial charge in [0.1, 0.15) is 0 Å². The normalized spacial score (nSPS) is 18.2. The molecule has 2 saturated heterocycles. The third kappa shape index (κ3) is 5.22. The number of carbonyl (C=O) groups excluding carboxylic acids is 2. The second-order valence-corrected chi connectivity index (χ2v) is 7.67. The number of anilines is 1. The molecule has 27 heavy (non-hydrogen) atoms. The van der Waals surface area contributed by atoms with Crippen molar-refractivity contribution in [2.45, 2.75) is 33.1 Å². The van der Waals surface area contributed by atoms with Gasteiger partial charge in [0.05, 0.1) is 6.54 Å². The second kappa shape index (κ2) is 9.22. The van der Waals surface area contributed by atoms with E-state index in [0.29, 0.717) is 19.5 Å². The molecule has 0 aliphatic carbocycles. The number of hydrogen-bond donors (Lipinski definition) is 1. The van der Waals surface area contributed by atoms with E-state index in [1.54, 1.807) is 0 Å². The Morgan fingerprint density at radius 2 is 1.89 bits per heavy atom. The maximum absolute atomic E-state index is 12.2. The van der Waals surface area contributed by atoms with E-state index in [2.05, 4.69) is 47.2 Å². The van der Waals surface area contributed by atoms with E-state index in [1.807, 2.05) is 4.90 Å². The van der Waals surface area contributed by atoms with Crippen LogP contribution in [0.5, 0.6) is 0 Å². The maximum atomic E-state index is 12.2. The molecule has 0 aromatic heterocycles. The first-order valence-electron chi connectivity index (χ1n) is 10.1. The third-order valence-corrected chi connectivity index (χ3v) is 5.75. The van der Waals surface area contributed by atoms with Crippen molar-refractivity contribution >= 4 is 17.5 Å². The molecule has 3 rings (SSSR count). The molecule has 0 spiro atoms. The topological polar surface area (TPSA) is 55.9 Å². The van der Waals surface area contributed by atoms with Gasteiger partial charge >= 0.3 is 0 Å². The molecule has 2 aliphatic rings. The molecule has 2 fully saturated rings. The SMILES string of the molecule is Cc1cccc(N2CCN(CC(=O)NCCCN3CCCC3=O)CC2)c1C. The van der Waals surface area contributed by atoms with Gasteiger partial charge in [-0.2, -0.15) is 0 Å². The molecule has 148 valence electrons. The van der Waals surface area contributed by atoms with E-state index in [-0.39, 0.29) is 11.8 Å². The Balaban J connectivity index is 1.34. The van der Waals surface area contributed by atoms with Crippen LogP contribution in [-0.4, -0.2) is 74.0 Å². The predicted molar refractivity (Wildman–Crippen MR) is 108 cm³/mol. The number of benzene rings is 1. The molecular formula is C21H32N4O2. The quantitative estimate of drug-likeness (QED) is 0.738. The zero-order chi connectivity index (χ0) is 19.2. The fourth-order valence-corrected chi connectivity index (χ4v) is 3.92. The van der Waals surface area contributed by atoms with Crippen molar-refractivity contribution < 1.29 is 9.59 Å².